The molecular formula is C20H31F3O4Si. The summed E-state index contributed by atoms with van der Waals surface area (Å²) in [5.41, 5.74) is -0.0443. The zero-order valence-corrected chi connectivity index (χ0v) is 17.8. The Morgan fingerprint density at radius 2 is 1.75 bits per heavy atom. The van der Waals surface area contributed by atoms with E-state index < -0.39 is 25.1 Å². The largest absolute Gasteiger partial charge is 0.432 e. The normalized spacial score (nSPS) is 23.4. The minimum atomic E-state index is -4.35. The highest BCUT2D eigenvalue weighted by Crippen LogP contribution is 2.38. The first-order chi connectivity index (χ1) is 12.9. The quantitative estimate of drug-likeness (QED) is 0.608. The van der Waals surface area contributed by atoms with Crippen molar-refractivity contribution in [3.63, 3.8) is 0 Å². The van der Waals surface area contributed by atoms with E-state index in [9.17, 15) is 23.1 Å². The summed E-state index contributed by atoms with van der Waals surface area (Å²) in [6, 6.07) is 4.89. The fourth-order valence-corrected chi connectivity index (χ4v) is 4.04. The number of aliphatic hydroxyl groups excluding tert-OH is 1. The minimum absolute atomic E-state index is 0.0191. The van der Waals surface area contributed by atoms with Gasteiger partial charge < -0.3 is 19.4 Å². The number of alkyl halides is 3. The van der Waals surface area contributed by atoms with Crippen LogP contribution in [0.2, 0.25) is 18.1 Å². The van der Waals surface area contributed by atoms with Gasteiger partial charge in [0.15, 0.2) is 8.32 Å². The molecule has 1 aromatic rings. The first kappa shape index (κ1) is 23.3. The SMILES string of the molecule is CC(COCc1ccc(C(F)(F)F)cc1)(CO[C@@H]1CCC[C@H](O)C1)[Si](C)(C)O. The van der Waals surface area contributed by atoms with Gasteiger partial charge in [0.2, 0.25) is 0 Å². The lowest BCUT2D eigenvalue weighted by atomic mass is 9.95. The molecule has 8 heteroatoms. The lowest BCUT2D eigenvalue weighted by molar-refractivity contribution is -0.137. The Labute approximate surface area is 165 Å². The predicted molar refractivity (Wildman–Crippen MR) is 103 cm³/mol. The molecule has 0 bridgehead atoms. The first-order valence-corrected chi connectivity index (χ1v) is 12.6. The third kappa shape index (κ3) is 6.55. The molecule has 0 aliphatic heterocycles. The van der Waals surface area contributed by atoms with E-state index in [4.69, 9.17) is 9.47 Å². The van der Waals surface area contributed by atoms with Crippen LogP contribution < -0.4 is 0 Å². The maximum Gasteiger partial charge on any atom is 0.416 e. The minimum Gasteiger partial charge on any atom is -0.432 e. The van der Waals surface area contributed by atoms with Crippen LogP contribution in [0.3, 0.4) is 0 Å². The summed E-state index contributed by atoms with van der Waals surface area (Å²) in [5, 5.41) is 9.22. The van der Waals surface area contributed by atoms with Crippen molar-refractivity contribution in [1.82, 2.24) is 0 Å². The maximum atomic E-state index is 12.6. The lowest BCUT2D eigenvalue weighted by Crippen LogP contribution is -2.47. The zero-order valence-electron chi connectivity index (χ0n) is 16.8. The summed E-state index contributed by atoms with van der Waals surface area (Å²) < 4.78 is 49.7. The van der Waals surface area contributed by atoms with Crippen LogP contribution in [0, 0.1) is 0 Å². The Hall–Kier alpha value is -0.933. The molecule has 3 atom stereocenters. The number of benzene rings is 1. The van der Waals surface area contributed by atoms with Crippen LogP contribution in [0.5, 0.6) is 0 Å². The van der Waals surface area contributed by atoms with Crippen LogP contribution in [-0.4, -0.2) is 43.6 Å². The number of aliphatic hydroxyl groups is 1. The number of hydrogen-bond donors (Lipinski definition) is 2. The molecule has 1 aliphatic carbocycles. The van der Waals surface area contributed by atoms with Crippen molar-refractivity contribution < 1.29 is 32.5 Å². The Balaban J connectivity index is 1.90. The molecule has 0 heterocycles. The molecule has 0 saturated heterocycles. The Morgan fingerprint density at radius 3 is 2.29 bits per heavy atom. The molecule has 1 fully saturated rings. The van der Waals surface area contributed by atoms with Gasteiger partial charge in [0.05, 0.1) is 37.6 Å². The monoisotopic (exact) mass is 420 g/mol. The van der Waals surface area contributed by atoms with Crippen LogP contribution in [0.1, 0.15) is 43.7 Å². The van der Waals surface area contributed by atoms with Gasteiger partial charge in [-0.05, 0) is 56.5 Å². The van der Waals surface area contributed by atoms with Crippen LogP contribution in [0.4, 0.5) is 13.2 Å². The number of halogens is 3. The fraction of sp³-hybridized carbons (Fsp3) is 0.700. The molecule has 1 unspecified atom stereocenters. The number of rotatable bonds is 8. The summed E-state index contributed by atoms with van der Waals surface area (Å²) in [6.45, 7) is 6.32. The van der Waals surface area contributed by atoms with E-state index >= 15 is 0 Å². The van der Waals surface area contributed by atoms with Gasteiger partial charge in [-0.3, -0.25) is 0 Å². The van der Waals surface area contributed by atoms with Gasteiger partial charge in [0, 0.05) is 5.04 Å². The van der Waals surface area contributed by atoms with Gasteiger partial charge in [-0.2, -0.15) is 13.2 Å². The predicted octanol–water partition coefficient (Wildman–Crippen LogP) is 4.50. The Bertz CT molecular complexity index is 615. The van der Waals surface area contributed by atoms with Crippen molar-refractivity contribution in [1.29, 1.82) is 0 Å². The second-order valence-corrected chi connectivity index (χ2v) is 12.9. The summed E-state index contributed by atoms with van der Waals surface area (Å²) in [5.74, 6) is 0. The molecule has 1 aliphatic rings. The topological polar surface area (TPSA) is 58.9 Å². The van der Waals surface area contributed by atoms with E-state index in [0.717, 1.165) is 31.4 Å². The Kier molecular flexibility index (Phi) is 7.72. The van der Waals surface area contributed by atoms with E-state index in [1.54, 1.807) is 0 Å². The Morgan fingerprint density at radius 1 is 1.11 bits per heavy atom. The summed E-state index contributed by atoms with van der Waals surface area (Å²) in [7, 11) is -2.65. The molecule has 28 heavy (non-hydrogen) atoms. The number of ether oxygens (including phenoxy) is 2. The average molecular weight is 421 g/mol. The second kappa shape index (κ2) is 9.26. The highest BCUT2D eigenvalue weighted by molar-refractivity contribution is 6.73. The van der Waals surface area contributed by atoms with Gasteiger partial charge in [0.1, 0.15) is 0 Å². The van der Waals surface area contributed by atoms with Crippen LogP contribution in [0.15, 0.2) is 24.3 Å². The van der Waals surface area contributed by atoms with Crippen molar-refractivity contribution in [2.75, 3.05) is 13.2 Å². The molecule has 160 valence electrons. The van der Waals surface area contributed by atoms with Crippen molar-refractivity contribution in [3.8, 4) is 0 Å². The smallest absolute Gasteiger partial charge is 0.416 e. The summed E-state index contributed by atoms with van der Waals surface area (Å²) >= 11 is 0. The van der Waals surface area contributed by atoms with Crippen LogP contribution >= 0.6 is 0 Å². The summed E-state index contributed by atoms with van der Waals surface area (Å²) in [6.07, 6.45) is -1.48. The average Bonchev–Trinajstić information content (AvgIpc) is 2.59. The molecule has 0 amide bonds. The van der Waals surface area contributed by atoms with E-state index in [1.165, 1.54) is 12.1 Å². The molecule has 0 radical (unpaired) electrons. The zero-order chi connectivity index (χ0) is 21.0. The molecule has 0 aromatic heterocycles. The molecule has 1 aromatic carbocycles. The van der Waals surface area contributed by atoms with Gasteiger partial charge in [-0.1, -0.05) is 19.1 Å². The molecule has 0 spiro atoms. The molecule has 4 nitrogen and oxygen atoms in total. The van der Waals surface area contributed by atoms with Gasteiger partial charge in [0.25, 0.3) is 0 Å². The number of hydrogen-bond acceptors (Lipinski definition) is 4. The maximum absolute atomic E-state index is 12.6. The first-order valence-electron chi connectivity index (χ1n) is 9.67. The highest BCUT2D eigenvalue weighted by Gasteiger charge is 2.43. The summed E-state index contributed by atoms with van der Waals surface area (Å²) in [4.78, 5) is 10.7. The third-order valence-electron chi connectivity index (χ3n) is 5.68. The molecular weight excluding hydrogens is 389 g/mol. The van der Waals surface area contributed by atoms with Gasteiger partial charge >= 0.3 is 6.18 Å². The molecule has 2 N–H and O–H groups in total. The van der Waals surface area contributed by atoms with Crippen molar-refractivity contribution in [2.45, 2.75) is 75.7 Å². The van der Waals surface area contributed by atoms with Gasteiger partial charge in [-0.25, -0.2) is 0 Å². The van der Waals surface area contributed by atoms with Gasteiger partial charge in [-0.15, -0.1) is 0 Å². The van der Waals surface area contributed by atoms with Crippen LogP contribution in [0.25, 0.3) is 0 Å². The lowest BCUT2D eigenvalue weighted by Gasteiger charge is -2.39. The van der Waals surface area contributed by atoms with E-state index in [0.29, 0.717) is 18.6 Å². The van der Waals surface area contributed by atoms with Crippen LogP contribution in [-0.2, 0) is 22.3 Å². The fourth-order valence-electron chi connectivity index (χ4n) is 3.15. The standard InChI is InChI=1S/C20H31F3O4Si/c1-19(28(2,3)25,14-27-18-6-4-5-17(24)11-18)13-26-12-15-7-9-16(10-8-15)20(21,22)23/h7-10,17-18,24-25H,4-6,11-14H2,1-3H3/t17-,18+,19?/m0/s1. The second-order valence-electron chi connectivity index (χ2n) is 8.56. The van der Waals surface area contributed by atoms with E-state index in [1.807, 2.05) is 20.0 Å². The third-order valence-corrected chi connectivity index (χ3v) is 8.93. The van der Waals surface area contributed by atoms with E-state index in [-0.39, 0.29) is 25.4 Å². The van der Waals surface area contributed by atoms with Crippen molar-refractivity contribution in [2.24, 2.45) is 0 Å². The molecule has 2 rings (SSSR count). The highest BCUT2D eigenvalue weighted by atomic mass is 28.4. The molecule has 1 saturated carbocycles. The van der Waals surface area contributed by atoms with Crippen molar-refractivity contribution >= 4 is 8.32 Å². The van der Waals surface area contributed by atoms with E-state index in [2.05, 4.69) is 0 Å². The van der Waals surface area contributed by atoms with Crippen molar-refractivity contribution in [3.05, 3.63) is 35.4 Å².